The number of nitrogens with zero attached hydrogens (tertiary/aromatic N) is 2. The Morgan fingerprint density at radius 1 is 1.16 bits per heavy atom. The van der Waals surface area contributed by atoms with Crippen LogP contribution in [0.2, 0.25) is 0 Å². The van der Waals surface area contributed by atoms with Crippen molar-refractivity contribution < 1.29 is 19.2 Å². The smallest absolute Gasteiger partial charge is 0.271 e. The quantitative estimate of drug-likeness (QED) is 0.284. The highest BCUT2D eigenvalue weighted by atomic mass is 79.9. The zero-order valence-corrected chi connectivity index (χ0v) is 18.0. The molecule has 31 heavy (non-hydrogen) atoms. The van der Waals surface area contributed by atoms with Gasteiger partial charge in [0.25, 0.3) is 11.6 Å². The number of benzene rings is 3. The first-order valence-electron chi connectivity index (χ1n) is 9.09. The number of hydrogen-bond donors (Lipinski definition) is 1. The van der Waals surface area contributed by atoms with Gasteiger partial charge in [-0.2, -0.15) is 5.10 Å². The summed E-state index contributed by atoms with van der Waals surface area (Å²) in [6, 6.07) is 18.3. The minimum absolute atomic E-state index is 0.0343. The zero-order valence-electron chi connectivity index (χ0n) is 16.4. The standard InChI is InChI=1S/C22H18BrN3O5/c1-30-19-4-2-3-17(12-19)22(27)25-24-13-16-7-10-21(20(23)11-16)31-14-15-5-8-18(9-6-15)26(28)29/h2-13H,14H2,1H3,(H,25,27). The third kappa shape index (κ3) is 6.13. The Morgan fingerprint density at radius 3 is 2.61 bits per heavy atom. The molecule has 3 rings (SSSR count). The van der Waals surface area contributed by atoms with Crippen molar-refractivity contribution in [2.75, 3.05) is 7.11 Å². The van der Waals surface area contributed by atoms with E-state index in [1.165, 1.54) is 25.5 Å². The molecular formula is C22H18BrN3O5. The van der Waals surface area contributed by atoms with E-state index in [1.54, 1.807) is 54.6 Å². The molecule has 158 valence electrons. The van der Waals surface area contributed by atoms with E-state index in [0.29, 0.717) is 21.5 Å². The van der Waals surface area contributed by atoms with Gasteiger partial charge < -0.3 is 9.47 Å². The van der Waals surface area contributed by atoms with Gasteiger partial charge in [-0.1, -0.05) is 6.07 Å². The molecule has 1 amide bonds. The molecule has 0 atom stereocenters. The monoisotopic (exact) mass is 483 g/mol. The van der Waals surface area contributed by atoms with Gasteiger partial charge in [-0.25, -0.2) is 5.43 Å². The molecule has 9 heteroatoms. The molecule has 1 N–H and O–H groups in total. The first kappa shape index (κ1) is 22.0. The number of nitro groups is 1. The van der Waals surface area contributed by atoms with Gasteiger partial charge in [-0.3, -0.25) is 14.9 Å². The average Bonchev–Trinajstić information content (AvgIpc) is 2.78. The lowest BCUT2D eigenvalue weighted by Gasteiger charge is -2.09. The van der Waals surface area contributed by atoms with Crippen molar-refractivity contribution >= 4 is 33.7 Å². The van der Waals surface area contributed by atoms with E-state index >= 15 is 0 Å². The van der Waals surface area contributed by atoms with Gasteiger partial charge >= 0.3 is 0 Å². The molecule has 0 aliphatic rings. The summed E-state index contributed by atoms with van der Waals surface area (Å²) in [7, 11) is 1.53. The third-order valence-corrected chi connectivity index (χ3v) is 4.83. The normalized spacial score (nSPS) is 10.6. The van der Waals surface area contributed by atoms with Gasteiger partial charge in [0.1, 0.15) is 18.1 Å². The van der Waals surface area contributed by atoms with Crippen LogP contribution in [0.1, 0.15) is 21.5 Å². The highest BCUT2D eigenvalue weighted by Crippen LogP contribution is 2.26. The van der Waals surface area contributed by atoms with E-state index in [-0.39, 0.29) is 18.2 Å². The van der Waals surface area contributed by atoms with Crippen molar-refractivity contribution in [1.29, 1.82) is 0 Å². The number of halogens is 1. The van der Waals surface area contributed by atoms with E-state index in [9.17, 15) is 14.9 Å². The minimum atomic E-state index is -0.444. The number of hydrogen-bond acceptors (Lipinski definition) is 6. The van der Waals surface area contributed by atoms with Gasteiger partial charge in [-0.15, -0.1) is 0 Å². The topological polar surface area (TPSA) is 103 Å². The second-order valence-electron chi connectivity index (χ2n) is 6.33. The predicted octanol–water partition coefficient (Wildman–Crippen LogP) is 4.71. The van der Waals surface area contributed by atoms with Gasteiger partial charge in [0, 0.05) is 17.7 Å². The van der Waals surface area contributed by atoms with Gasteiger partial charge in [0.15, 0.2) is 0 Å². The number of amides is 1. The maximum Gasteiger partial charge on any atom is 0.271 e. The fourth-order valence-electron chi connectivity index (χ4n) is 2.58. The number of non-ortho nitro benzene ring substituents is 1. The number of carbonyl (C=O) groups is 1. The number of rotatable bonds is 8. The second-order valence-corrected chi connectivity index (χ2v) is 7.19. The minimum Gasteiger partial charge on any atom is -0.497 e. The Labute approximate surface area is 186 Å². The summed E-state index contributed by atoms with van der Waals surface area (Å²) < 4.78 is 11.6. The number of methoxy groups -OCH3 is 1. The summed E-state index contributed by atoms with van der Waals surface area (Å²) in [6.07, 6.45) is 1.52. The third-order valence-electron chi connectivity index (χ3n) is 4.21. The molecule has 8 nitrogen and oxygen atoms in total. The number of hydrazone groups is 1. The van der Waals surface area contributed by atoms with Crippen molar-refractivity contribution in [3.63, 3.8) is 0 Å². The van der Waals surface area contributed by atoms with Crippen LogP contribution in [0, 0.1) is 10.1 Å². The zero-order chi connectivity index (χ0) is 22.2. The molecule has 0 aromatic heterocycles. The predicted molar refractivity (Wildman–Crippen MR) is 120 cm³/mol. The molecule has 0 radical (unpaired) electrons. The maximum atomic E-state index is 12.2. The second kappa shape index (κ2) is 10.4. The Hall–Kier alpha value is -3.72. The van der Waals surface area contributed by atoms with Crippen LogP contribution in [-0.4, -0.2) is 24.2 Å². The van der Waals surface area contributed by atoms with Crippen molar-refractivity contribution in [2.24, 2.45) is 5.10 Å². The summed E-state index contributed by atoms with van der Waals surface area (Å²) in [5, 5.41) is 14.7. The first-order valence-corrected chi connectivity index (χ1v) is 9.88. The largest absolute Gasteiger partial charge is 0.497 e. The average molecular weight is 484 g/mol. The Morgan fingerprint density at radius 2 is 1.94 bits per heavy atom. The molecular weight excluding hydrogens is 466 g/mol. The Balaban J connectivity index is 1.57. The maximum absolute atomic E-state index is 12.2. The lowest BCUT2D eigenvalue weighted by Crippen LogP contribution is -2.17. The number of nitro benzene ring substituents is 1. The highest BCUT2D eigenvalue weighted by molar-refractivity contribution is 9.10. The molecule has 0 spiro atoms. The van der Waals surface area contributed by atoms with E-state index in [2.05, 4.69) is 26.5 Å². The molecule has 0 unspecified atom stereocenters. The van der Waals surface area contributed by atoms with Crippen molar-refractivity contribution in [1.82, 2.24) is 5.43 Å². The van der Waals surface area contributed by atoms with Crippen molar-refractivity contribution in [3.8, 4) is 11.5 Å². The van der Waals surface area contributed by atoms with Crippen LogP contribution in [0.5, 0.6) is 11.5 Å². The summed E-state index contributed by atoms with van der Waals surface area (Å²) in [5.74, 6) is 0.845. The summed E-state index contributed by atoms with van der Waals surface area (Å²) >= 11 is 3.45. The van der Waals surface area contributed by atoms with Crippen LogP contribution in [0.4, 0.5) is 5.69 Å². The Bertz CT molecular complexity index is 1120. The van der Waals surface area contributed by atoms with E-state index < -0.39 is 4.92 Å². The lowest BCUT2D eigenvalue weighted by atomic mass is 10.2. The summed E-state index contributed by atoms with van der Waals surface area (Å²) in [6.45, 7) is 0.265. The molecule has 0 saturated carbocycles. The fraction of sp³-hybridized carbons (Fsp3) is 0.0909. The molecule has 3 aromatic carbocycles. The summed E-state index contributed by atoms with van der Waals surface area (Å²) in [5.41, 5.74) is 4.50. The lowest BCUT2D eigenvalue weighted by molar-refractivity contribution is -0.384. The number of carbonyl (C=O) groups excluding carboxylic acids is 1. The molecule has 0 heterocycles. The highest BCUT2D eigenvalue weighted by Gasteiger charge is 2.07. The SMILES string of the molecule is COc1cccc(C(=O)NN=Cc2ccc(OCc3ccc([N+](=O)[O-])cc3)c(Br)c2)c1. The molecule has 0 saturated heterocycles. The molecule has 0 aliphatic carbocycles. The van der Waals surface area contributed by atoms with Crippen LogP contribution >= 0.6 is 15.9 Å². The number of nitrogens with one attached hydrogen (secondary N) is 1. The van der Waals surface area contributed by atoms with Crippen LogP contribution in [0.15, 0.2) is 76.3 Å². The van der Waals surface area contributed by atoms with Crippen LogP contribution < -0.4 is 14.9 Å². The van der Waals surface area contributed by atoms with Gasteiger partial charge in [-0.05, 0) is 75.6 Å². The number of ether oxygens (including phenoxy) is 2. The first-order chi connectivity index (χ1) is 15.0. The summed E-state index contributed by atoms with van der Waals surface area (Å²) in [4.78, 5) is 22.4. The van der Waals surface area contributed by atoms with Gasteiger partial charge in [0.2, 0.25) is 0 Å². The van der Waals surface area contributed by atoms with E-state index in [1.807, 2.05) is 0 Å². The fourth-order valence-corrected chi connectivity index (χ4v) is 3.09. The molecule has 0 bridgehead atoms. The van der Waals surface area contributed by atoms with E-state index in [0.717, 1.165) is 11.1 Å². The van der Waals surface area contributed by atoms with Crippen LogP contribution in [0.3, 0.4) is 0 Å². The van der Waals surface area contributed by atoms with Crippen molar-refractivity contribution in [3.05, 3.63) is 98.0 Å². The Kier molecular flexibility index (Phi) is 7.34. The van der Waals surface area contributed by atoms with Gasteiger partial charge in [0.05, 0.1) is 22.7 Å². The van der Waals surface area contributed by atoms with E-state index in [4.69, 9.17) is 9.47 Å². The molecule has 3 aromatic rings. The van der Waals surface area contributed by atoms with Crippen molar-refractivity contribution in [2.45, 2.75) is 6.61 Å². The van der Waals surface area contributed by atoms with Crippen LogP contribution in [-0.2, 0) is 6.61 Å². The molecule has 0 aliphatic heterocycles. The molecule has 0 fully saturated rings. The van der Waals surface area contributed by atoms with Crippen LogP contribution in [0.25, 0.3) is 0 Å².